The highest BCUT2D eigenvalue weighted by molar-refractivity contribution is 5.91. The summed E-state index contributed by atoms with van der Waals surface area (Å²) < 4.78 is 5.42. The van der Waals surface area contributed by atoms with E-state index in [0.717, 1.165) is 50.5 Å². The number of ether oxygens (including phenoxy) is 1. The predicted octanol–water partition coefficient (Wildman–Crippen LogP) is 3.43. The normalized spacial score (nSPS) is 14.9. The van der Waals surface area contributed by atoms with Crippen LogP contribution in [0.5, 0.6) is 5.75 Å². The first-order valence-corrected chi connectivity index (χ1v) is 10.5. The van der Waals surface area contributed by atoms with Crippen molar-refractivity contribution in [3.63, 3.8) is 0 Å². The average molecular weight is 394 g/mol. The van der Waals surface area contributed by atoms with Gasteiger partial charge < -0.3 is 15.0 Å². The summed E-state index contributed by atoms with van der Waals surface area (Å²) in [6.07, 6.45) is 4.39. The lowest BCUT2D eigenvalue weighted by Crippen LogP contribution is -2.47. The molecule has 1 saturated heterocycles. The Bertz CT molecular complexity index is 766. The Balaban J connectivity index is 1.30. The lowest BCUT2D eigenvalue weighted by molar-refractivity contribution is -0.116. The zero-order valence-corrected chi connectivity index (χ0v) is 17.2. The second kappa shape index (κ2) is 11.3. The van der Waals surface area contributed by atoms with Crippen LogP contribution in [0.25, 0.3) is 6.08 Å². The molecule has 1 amide bonds. The van der Waals surface area contributed by atoms with Gasteiger partial charge in [-0.05, 0) is 55.8 Å². The molecule has 2 aromatic carbocycles. The summed E-state index contributed by atoms with van der Waals surface area (Å²) in [5.41, 5.74) is 2.29. The lowest BCUT2D eigenvalue weighted by Gasteiger charge is -2.36. The van der Waals surface area contributed by atoms with Gasteiger partial charge in [0.25, 0.3) is 0 Å². The number of para-hydroxylation sites is 1. The van der Waals surface area contributed by atoms with Gasteiger partial charge in [-0.2, -0.15) is 0 Å². The van der Waals surface area contributed by atoms with Gasteiger partial charge in [0.2, 0.25) is 5.91 Å². The zero-order chi connectivity index (χ0) is 20.3. The standard InChI is InChI=1S/C24H31N3O2/c1-2-29-23-12-9-21(10-13-23)11-14-24(28)25-15-6-16-26-17-19-27(20-18-26)22-7-4-3-5-8-22/h3-5,7-14H,2,6,15-20H2,1H3,(H,25,28)/b14-11+. The molecule has 1 heterocycles. The fourth-order valence-corrected chi connectivity index (χ4v) is 3.46. The summed E-state index contributed by atoms with van der Waals surface area (Å²) in [7, 11) is 0. The number of nitrogens with one attached hydrogen (secondary N) is 1. The molecular weight excluding hydrogens is 362 g/mol. The van der Waals surface area contributed by atoms with Crippen molar-refractivity contribution < 1.29 is 9.53 Å². The van der Waals surface area contributed by atoms with E-state index in [1.165, 1.54) is 5.69 Å². The number of rotatable bonds is 9. The van der Waals surface area contributed by atoms with Gasteiger partial charge in [0.05, 0.1) is 6.61 Å². The molecule has 0 aromatic heterocycles. The maximum atomic E-state index is 12.0. The fourth-order valence-electron chi connectivity index (χ4n) is 3.46. The van der Waals surface area contributed by atoms with Gasteiger partial charge in [-0.1, -0.05) is 30.3 Å². The van der Waals surface area contributed by atoms with E-state index >= 15 is 0 Å². The highest BCUT2D eigenvalue weighted by Crippen LogP contribution is 2.15. The zero-order valence-electron chi connectivity index (χ0n) is 17.2. The highest BCUT2D eigenvalue weighted by Gasteiger charge is 2.16. The molecule has 0 bridgehead atoms. The number of benzene rings is 2. The second-order valence-corrected chi connectivity index (χ2v) is 7.14. The molecule has 1 aliphatic rings. The Morgan fingerprint density at radius 1 is 1.03 bits per heavy atom. The van der Waals surface area contributed by atoms with Crippen LogP contribution in [0.1, 0.15) is 18.9 Å². The van der Waals surface area contributed by atoms with Crippen LogP contribution in [0.2, 0.25) is 0 Å². The van der Waals surface area contributed by atoms with Crippen LogP contribution in [0.3, 0.4) is 0 Å². The maximum absolute atomic E-state index is 12.0. The van der Waals surface area contributed by atoms with E-state index in [2.05, 4.69) is 45.4 Å². The molecule has 0 saturated carbocycles. The van der Waals surface area contributed by atoms with E-state index < -0.39 is 0 Å². The molecule has 29 heavy (non-hydrogen) atoms. The first-order valence-electron chi connectivity index (χ1n) is 10.5. The van der Waals surface area contributed by atoms with E-state index in [4.69, 9.17) is 4.74 Å². The number of hydrogen-bond donors (Lipinski definition) is 1. The predicted molar refractivity (Wildman–Crippen MR) is 119 cm³/mol. The van der Waals surface area contributed by atoms with Gasteiger partial charge in [0.1, 0.15) is 5.75 Å². The van der Waals surface area contributed by atoms with Crippen molar-refractivity contribution in [3.05, 3.63) is 66.2 Å². The number of carbonyl (C=O) groups is 1. The highest BCUT2D eigenvalue weighted by atomic mass is 16.5. The molecule has 5 heteroatoms. The molecule has 0 spiro atoms. The number of amides is 1. The van der Waals surface area contributed by atoms with Gasteiger partial charge >= 0.3 is 0 Å². The Morgan fingerprint density at radius 3 is 2.45 bits per heavy atom. The number of hydrogen-bond acceptors (Lipinski definition) is 4. The van der Waals surface area contributed by atoms with Crippen LogP contribution in [0, 0.1) is 0 Å². The third kappa shape index (κ3) is 6.95. The minimum atomic E-state index is -0.0484. The topological polar surface area (TPSA) is 44.8 Å². The summed E-state index contributed by atoms with van der Waals surface area (Å²) in [5, 5.41) is 2.97. The van der Waals surface area contributed by atoms with Crippen molar-refractivity contribution in [2.75, 3.05) is 50.8 Å². The van der Waals surface area contributed by atoms with E-state index in [-0.39, 0.29) is 5.91 Å². The number of carbonyl (C=O) groups excluding carboxylic acids is 1. The summed E-state index contributed by atoms with van der Waals surface area (Å²) in [5.74, 6) is 0.798. The van der Waals surface area contributed by atoms with E-state index in [1.807, 2.05) is 37.3 Å². The third-order valence-corrected chi connectivity index (χ3v) is 5.06. The Hall–Kier alpha value is -2.79. The molecular formula is C24H31N3O2. The molecule has 0 unspecified atom stereocenters. The van der Waals surface area contributed by atoms with E-state index in [0.29, 0.717) is 13.2 Å². The molecule has 3 rings (SSSR count). The van der Waals surface area contributed by atoms with Gasteiger partial charge in [-0.15, -0.1) is 0 Å². The van der Waals surface area contributed by atoms with Gasteiger partial charge in [-0.3, -0.25) is 9.69 Å². The average Bonchev–Trinajstić information content (AvgIpc) is 2.77. The van der Waals surface area contributed by atoms with E-state index in [9.17, 15) is 4.79 Å². The van der Waals surface area contributed by atoms with E-state index in [1.54, 1.807) is 6.08 Å². The van der Waals surface area contributed by atoms with Crippen LogP contribution >= 0.6 is 0 Å². The fraction of sp³-hybridized carbons (Fsp3) is 0.375. The molecule has 0 atom stereocenters. The molecule has 0 aliphatic carbocycles. The molecule has 1 fully saturated rings. The van der Waals surface area contributed by atoms with Crippen LogP contribution in [-0.2, 0) is 4.79 Å². The summed E-state index contributed by atoms with van der Waals surface area (Å²) in [6.45, 7) is 8.59. The Morgan fingerprint density at radius 2 is 1.76 bits per heavy atom. The largest absolute Gasteiger partial charge is 0.494 e. The molecule has 1 N–H and O–H groups in total. The number of piperazine rings is 1. The molecule has 0 radical (unpaired) electrons. The van der Waals surface area contributed by atoms with Crippen LogP contribution < -0.4 is 15.0 Å². The van der Waals surface area contributed by atoms with Crippen molar-refractivity contribution in [3.8, 4) is 5.75 Å². The van der Waals surface area contributed by atoms with Crippen molar-refractivity contribution in [2.45, 2.75) is 13.3 Å². The van der Waals surface area contributed by atoms with Crippen LogP contribution in [-0.4, -0.2) is 56.7 Å². The van der Waals surface area contributed by atoms with Crippen LogP contribution in [0.4, 0.5) is 5.69 Å². The molecule has 2 aromatic rings. The number of anilines is 1. The molecule has 1 aliphatic heterocycles. The minimum absolute atomic E-state index is 0.0484. The number of nitrogens with zero attached hydrogens (tertiary/aromatic N) is 2. The lowest BCUT2D eigenvalue weighted by atomic mass is 10.2. The summed E-state index contributed by atoms with van der Waals surface area (Å²) in [4.78, 5) is 16.9. The van der Waals surface area contributed by atoms with Crippen molar-refractivity contribution >= 4 is 17.7 Å². The molecule has 154 valence electrons. The minimum Gasteiger partial charge on any atom is -0.494 e. The van der Waals surface area contributed by atoms with Gasteiger partial charge in [0.15, 0.2) is 0 Å². The monoisotopic (exact) mass is 393 g/mol. The van der Waals surface area contributed by atoms with Crippen LogP contribution in [0.15, 0.2) is 60.7 Å². The first kappa shape index (κ1) is 20.9. The first-order chi connectivity index (χ1) is 14.2. The SMILES string of the molecule is CCOc1ccc(/C=C/C(=O)NCCCN2CCN(c3ccccc3)CC2)cc1. The van der Waals surface area contributed by atoms with Gasteiger partial charge in [0, 0.05) is 44.5 Å². The van der Waals surface area contributed by atoms with Crippen molar-refractivity contribution in [1.29, 1.82) is 0 Å². The second-order valence-electron chi connectivity index (χ2n) is 7.14. The quantitative estimate of drug-likeness (QED) is 0.524. The van der Waals surface area contributed by atoms with Gasteiger partial charge in [-0.25, -0.2) is 0 Å². The van der Waals surface area contributed by atoms with Crippen molar-refractivity contribution in [2.24, 2.45) is 0 Å². The Kier molecular flexibility index (Phi) is 8.13. The van der Waals surface area contributed by atoms with Crippen molar-refractivity contribution in [1.82, 2.24) is 10.2 Å². The smallest absolute Gasteiger partial charge is 0.243 e. The summed E-state index contributed by atoms with van der Waals surface area (Å²) >= 11 is 0. The Labute approximate surface area is 174 Å². The third-order valence-electron chi connectivity index (χ3n) is 5.06. The molecule has 5 nitrogen and oxygen atoms in total. The summed E-state index contributed by atoms with van der Waals surface area (Å²) in [6, 6.07) is 18.3. The maximum Gasteiger partial charge on any atom is 0.243 e.